The van der Waals surface area contributed by atoms with Crippen molar-refractivity contribution in [3.05, 3.63) is 193 Å². The van der Waals surface area contributed by atoms with Crippen molar-refractivity contribution in [2.24, 2.45) is 0 Å². The maximum Gasteiger partial charge on any atom is 0.0159 e. The summed E-state index contributed by atoms with van der Waals surface area (Å²) in [6.07, 6.45) is 0. The predicted octanol–water partition coefficient (Wildman–Crippen LogP) is 14.1. The van der Waals surface area contributed by atoms with Crippen LogP contribution in [-0.4, -0.2) is 0 Å². The molecule has 0 aromatic heterocycles. The summed E-state index contributed by atoms with van der Waals surface area (Å²) in [5.74, 6) is 0. The summed E-state index contributed by atoms with van der Waals surface area (Å²) in [5, 5.41) is 7.88. The quantitative estimate of drug-likeness (QED) is 0.167. The van der Waals surface area contributed by atoms with Gasteiger partial charge < -0.3 is 0 Å². The van der Waals surface area contributed by atoms with Crippen LogP contribution in [0.5, 0.6) is 0 Å². The number of hydrogen-bond donors (Lipinski definition) is 0. The third-order valence-electron chi connectivity index (χ3n) is 11.2. The molecule has 1 aliphatic rings. The minimum absolute atomic E-state index is 0.0412. The van der Waals surface area contributed by atoms with Crippen LogP contribution < -0.4 is 0 Å². The number of hydrogen-bond acceptors (Lipinski definition) is 0. The molecule has 0 nitrogen and oxygen atoms in total. The van der Waals surface area contributed by atoms with E-state index >= 15 is 0 Å². The van der Waals surface area contributed by atoms with E-state index in [0.29, 0.717) is 0 Å². The molecule has 0 atom stereocenters. The first-order valence-corrected chi connectivity index (χ1v) is 17.9. The Hall–Kier alpha value is -6.24. The predicted molar refractivity (Wildman–Crippen MR) is 218 cm³/mol. The van der Waals surface area contributed by atoms with Crippen molar-refractivity contribution in [2.75, 3.05) is 0 Å². The highest BCUT2D eigenvalue weighted by Gasteiger charge is 2.35. The minimum Gasteiger partial charge on any atom is -0.0622 e. The summed E-state index contributed by atoms with van der Waals surface area (Å²) in [7, 11) is 0. The van der Waals surface area contributed by atoms with E-state index in [9.17, 15) is 0 Å². The smallest absolute Gasteiger partial charge is 0.0159 e. The molecule has 0 heterocycles. The van der Waals surface area contributed by atoms with Crippen molar-refractivity contribution in [1.82, 2.24) is 0 Å². The van der Waals surface area contributed by atoms with Gasteiger partial charge >= 0.3 is 0 Å². The van der Waals surface area contributed by atoms with Crippen molar-refractivity contribution in [3.8, 4) is 55.6 Å². The third kappa shape index (κ3) is 4.75. The molecule has 0 fully saturated rings. The molecule has 0 heteroatoms. The fourth-order valence-corrected chi connectivity index (χ4v) is 8.59. The van der Waals surface area contributed by atoms with Gasteiger partial charge in [0.05, 0.1) is 0 Å². The maximum atomic E-state index is 2.49. The summed E-state index contributed by atoms with van der Waals surface area (Å²) < 4.78 is 0. The van der Waals surface area contributed by atoms with E-state index in [4.69, 9.17) is 0 Å². The summed E-state index contributed by atoms with van der Waals surface area (Å²) in [6, 6.07) is 67.3. The second-order valence-electron chi connectivity index (χ2n) is 14.5. The topological polar surface area (TPSA) is 0 Å². The monoisotopic (exact) mass is 648 g/mol. The number of rotatable bonds is 4. The summed E-state index contributed by atoms with van der Waals surface area (Å²) in [6.45, 7) is 4.74. The van der Waals surface area contributed by atoms with Gasteiger partial charge in [-0.3, -0.25) is 0 Å². The van der Waals surface area contributed by atoms with E-state index in [2.05, 4.69) is 196 Å². The fraction of sp³-hybridized carbons (Fsp3) is 0.0588. The van der Waals surface area contributed by atoms with Crippen molar-refractivity contribution < 1.29 is 0 Å². The van der Waals surface area contributed by atoms with Crippen molar-refractivity contribution in [1.29, 1.82) is 0 Å². The molecule has 0 N–H and O–H groups in total. The van der Waals surface area contributed by atoms with Gasteiger partial charge in [0.1, 0.15) is 0 Å². The van der Waals surface area contributed by atoms with Gasteiger partial charge in [0.2, 0.25) is 0 Å². The molecule has 10 rings (SSSR count). The van der Waals surface area contributed by atoms with Gasteiger partial charge in [0, 0.05) is 5.41 Å². The average molecular weight is 649 g/mol. The van der Waals surface area contributed by atoms with Gasteiger partial charge in [-0.1, -0.05) is 159 Å². The molecule has 9 aromatic rings. The average Bonchev–Trinajstić information content (AvgIpc) is 3.43. The molecule has 0 aliphatic heterocycles. The van der Waals surface area contributed by atoms with Gasteiger partial charge in [-0.05, 0) is 135 Å². The largest absolute Gasteiger partial charge is 0.0622 e. The third-order valence-corrected chi connectivity index (χ3v) is 11.2. The van der Waals surface area contributed by atoms with E-state index in [1.165, 1.54) is 99.1 Å². The van der Waals surface area contributed by atoms with Crippen molar-refractivity contribution >= 4 is 32.3 Å². The first kappa shape index (κ1) is 29.7. The van der Waals surface area contributed by atoms with Crippen LogP contribution in [0.25, 0.3) is 88.0 Å². The molecular weight excluding hydrogens is 613 g/mol. The number of benzene rings is 9. The second kappa shape index (κ2) is 11.4. The van der Waals surface area contributed by atoms with Gasteiger partial charge in [0.15, 0.2) is 0 Å². The first-order chi connectivity index (χ1) is 25.0. The molecule has 0 bridgehead atoms. The highest BCUT2D eigenvalue weighted by Crippen LogP contribution is 2.51. The lowest BCUT2D eigenvalue weighted by atomic mass is 9.81. The van der Waals surface area contributed by atoms with E-state index < -0.39 is 0 Å². The van der Waals surface area contributed by atoms with Crippen LogP contribution >= 0.6 is 0 Å². The Morgan fingerprint density at radius 2 is 0.686 bits per heavy atom. The Balaban J connectivity index is 1.08. The van der Waals surface area contributed by atoms with E-state index in [1.54, 1.807) is 0 Å². The first-order valence-electron chi connectivity index (χ1n) is 17.9. The molecule has 0 spiro atoms. The van der Waals surface area contributed by atoms with Crippen LogP contribution in [0.15, 0.2) is 182 Å². The lowest BCUT2D eigenvalue weighted by Crippen LogP contribution is -2.14. The molecule has 1 aliphatic carbocycles. The van der Waals surface area contributed by atoms with Crippen molar-refractivity contribution in [3.63, 3.8) is 0 Å². The Bertz CT molecular complexity index is 2820. The molecule has 0 unspecified atom stereocenters. The van der Waals surface area contributed by atoms with Crippen LogP contribution in [0.2, 0.25) is 0 Å². The van der Waals surface area contributed by atoms with Gasteiger partial charge in [0.25, 0.3) is 0 Å². The molecular formula is C51H36. The molecule has 240 valence electrons. The van der Waals surface area contributed by atoms with Crippen LogP contribution in [-0.2, 0) is 5.41 Å². The normalized spacial score (nSPS) is 13.1. The minimum atomic E-state index is -0.0412. The summed E-state index contributed by atoms with van der Waals surface area (Å²) >= 11 is 0. The number of fused-ring (bicyclic) bond motifs is 9. The molecule has 0 radical (unpaired) electrons. The zero-order valence-electron chi connectivity index (χ0n) is 28.8. The molecule has 51 heavy (non-hydrogen) atoms. The zero-order valence-corrected chi connectivity index (χ0v) is 28.8. The Kier molecular flexibility index (Phi) is 6.63. The van der Waals surface area contributed by atoms with Gasteiger partial charge in [-0.15, -0.1) is 0 Å². The van der Waals surface area contributed by atoms with Gasteiger partial charge in [-0.2, -0.15) is 0 Å². The van der Waals surface area contributed by atoms with Crippen LogP contribution in [0.3, 0.4) is 0 Å². The SMILES string of the molecule is CC1(C)c2ccccc2-c2cc3c4ccccc4c4cc(-c5cccc(-c6cccc(-c7cccc(-c8ccccc8)c7)c6)c5)ccc4c3cc21. The molecule has 0 saturated carbocycles. The maximum absolute atomic E-state index is 2.49. The highest BCUT2D eigenvalue weighted by molar-refractivity contribution is 6.26. The van der Waals surface area contributed by atoms with E-state index in [-0.39, 0.29) is 5.41 Å². The van der Waals surface area contributed by atoms with Crippen LogP contribution in [0, 0.1) is 0 Å². The van der Waals surface area contributed by atoms with E-state index in [0.717, 1.165) is 0 Å². The summed E-state index contributed by atoms with van der Waals surface area (Å²) in [5.41, 5.74) is 15.3. The van der Waals surface area contributed by atoms with Crippen LogP contribution in [0.1, 0.15) is 25.0 Å². The molecule has 0 saturated heterocycles. The lowest BCUT2D eigenvalue weighted by Gasteiger charge is -2.22. The van der Waals surface area contributed by atoms with Crippen LogP contribution in [0.4, 0.5) is 0 Å². The summed E-state index contributed by atoms with van der Waals surface area (Å²) in [4.78, 5) is 0. The standard InChI is InChI=1S/C51H36/c1-51(2)49-24-9-8-23-44(49)48-31-46-42-22-7-6-21-41(42)45-30-40(25-26-43(45)47(46)32-50(48)51)39-20-12-19-38(29-39)37-18-11-17-36(28-37)35-16-10-15-34(27-35)33-13-4-3-5-14-33/h3-32H,1-2H3. The van der Waals surface area contributed by atoms with E-state index in [1.807, 2.05) is 0 Å². The zero-order chi connectivity index (χ0) is 34.1. The molecule has 0 amide bonds. The van der Waals surface area contributed by atoms with Crippen molar-refractivity contribution in [2.45, 2.75) is 19.3 Å². The highest BCUT2D eigenvalue weighted by atomic mass is 14.4. The second-order valence-corrected chi connectivity index (χ2v) is 14.5. The fourth-order valence-electron chi connectivity index (χ4n) is 8.59. The lowest BCUT2D eigenvalue weighted by molar-refractivity contribution is 0.661. The molecule has 9 aromatic carbocycles. The van der Waals surface area contributed by atoms with Gasteiger partial charge in [-0.25, -0.2) is 0 Å². The Morgan fingerprint density at radius 3 is 1.29 bits per heavy atom. The Labute approximate surface area is 299 Å². The Morgan fingerprint density at radius 1 is 0.255 bits per heavy atom.